The van der Waals surface area contributed by atoms with E-state index in [-0.39, 0.29) is 18.2 Å². The number of carbonyl (C=O) groups excluding carboxylic acids is 2. The molecule has 2 amide bonds. The van der Waals surface area contributed by atoms with Crippen molar-refractivity contribution in [2.75, 3.05) is 19.6 Å². The fraction of sp³-hybridized carbons (Fsp3) is 0.429. The lowest BCUT2D eigenvalue weighted by Crippen LogP contribution is -2.41. The fourth-order valence-corrected chi connectivity index (χ4v) is 3.86. The van der Waals surface area contributed by atoms with E-state index in [4.69, 9.17) is 4.52 Å². The summed E-state index contributed by atoms with van der Waals surface area (Å²) in [5.74, 6) is 1.64. The van der Waals surface area contributed by atoms with E-state index in [1.807, 2.05) is 13.8 Å². The number of aryl methyl sites for hydroxylation is 3. The van der Waals surface area contributed by atoms with Crippen molar-refractivity contribution in [1.29, 1.82) is 0 Å². The Labute approximate surface area is 179 Å². The molecular weight excluding hydrogens is 398 g/mol. The molecule has 0 bridgehead atoms. The van der Waals surface area contributed by atoms with Crippen LogP contribution in [0, 0.1) is 20.8 Å². The predicted molar refractivity (Wildman–Crippen MR) is 110 cm³/mol. The second-order valence-electron chi connectivity index (χ2n) is 7.70. The molecule has 1 fully saturated rings. The SMILES string of the molecule is Cc1nc(C2CN(C(=O)Cc3c(C)noc3C)CCCN2C(=O)c2ccncc2)n[nH]1. The van der Waals surface area contributed by atoms with Gasteiger partial charge in [-0.05, 0) is 39.3 Å². The maximum absolute atomic E-state index is 13.3. The number of nitrogens with zero attached hydrogens (tertiary/aromatic N) is 6. The third-order valence-corrected chi connectivity index (χ3v) is 5.56. The quantitative estimate of drug-likeness (QED) is 0.679. The molecule has 4 rings (SSSR count). The smallest absolute Gasteiger partial charge is 0.254 e. The van der Waals surface area contributed by atoms with Crippen LogP contribution in [0.15, 0.2) is 29.0 Å². The molecule has 3 aromatic rings. The molecule has 1 aliphatic rings. The maximum Gasteiger partial charge on any atom is 0.254 e. The molecule has 10 heteroatoms. The fourth-order valence-electron chi connectivity index (χ4n) is 3.86. The molecule has 1 saturated heterocycles. The summed E-state index contributed by atoms with van der Waals surface area (Å²) in [6.45, 7) is 6.80. The average Bonchev–Trinajstić information content (AvgIpc) is 3.25. The van der Waals surface area contributed by atoms with Gasteiger partial charge in [-0.2, -0.15) is 5.10 Å². The number of amides is 2. The minimum Gasteiger partial charge on any atom is -0.361 e. The lowest BCUT2D eigenvalue weighted by molar-refractivity contribution is -0.130. The summed E-state index contributed by atoms with van der Waals surface area (Å²) >= 11 is 0. The van der Waals surface area contributed by atoms with Gasteiger partial charge in [-0.3, -0.25) is 19.7 Å². The van der Waals surface area contributed by atoms with Gasteiger partial charge in [-0.25, -0.2) is 4.98 Å². The maximum atomic E-state index is 13.3. The minimum atomic E-state index is -0.457. The minimum absolute atomic E-state index is 0.0372. The molecule has 1 N–H and O–H groups in total. The summed E-state index contributed by atoms with van der Waals surface area (Å²) in [6, 6.07) is 2.92. The first-order valence-electron chi connectivity index (χ1n) is 10.2. The van der Waals surface area contributed by atoms with Gasteiger partial charge in [-0.15, -0.1) is 0 Å². The topological polar surface area (TPSA) is 121 Å². The highest BCUT2D eigenvalue weighted by Crippen LogP contribution is 2.26. The third kappa shape index (κ3) is 4.32. The Bertz CT molecular complexity index is 1060. The van der Waals surface area contributed by atoms with Gasteiger partial charge in [0, 0.05) is 43.2 Å². The highest BCUT2D eigenvalue weighted by atomic mass is 16.5. The first-order valence-corrected chi connectivity index (χ1v) is 10.2. The van der Waals surface area contributed by atoms with Gasteiger partial charge in [0.2, 0.25) is 5.91 Å². The van der Waals surface area contributed by atoms with Crippen LogP contribution >= 0.6 is 0 Å². The van der Waals surface area contributed by atoms with Crippen LogP contribution in [0.4, 0.5) is 0 Å². The van der Waals surface area contributed by atoms with Crippen molar-refractivity contribution in [2.24, 2.45) is 0 Å². The van der Waals surface area contributed by atoms with Gasteiger partial charge in [0.25, 0.3) is 5.91 Å². The largest absolute Gasteiger partial charge is 0.361 e. The van der Waals surface area contributed by atoms with Gasteiger partial charge in [-0.1, -0.05) is 5.16 Å². The molecule has 1 aliphatic heterocycles. The number of carbonyl (C=O) groups is 2. The zero-order valence-electron chi connectivity index (χ0n) is 17.8. The van der Waals surface area contributed by atoms with Crippen LogP contribution in [-0.2, 0) is 11.2 Å². The van der Waals surface area contributed by atoms with Crippen LogP contribution < -0.4 is 0 Å². The molecule has 1 unspecified atom stereocenters. The van der Waals surface area contributed by atoms with Gasteiger partial charge in [0.1, 0.15) is 17.6 Å². The number of hydrogen-bond donors (Lipinski definition) is 1. The zero-order valence-corrected chi connectivity index (χ0v) is 17.8. The number of hydrogen-bond acceptors (Lipinski definition) is 7. The summed E-state index contributed by atoms with van der Waals surface area (Å²) in [7, 11) is 0. The van der Waals surface area contributed by atoms with E-state index < -0.39 is 6.04 Å². The van der Waals surface area contributed by atoms with Crippen LogP contribution in [0.3, 0.4) is 0 Å². The van der Waals surface area contributed by atoms with Crippen molar-refractivity contribution in [2.45, 2.75) is 39.7 Å². The third-order valence-electron chi connectivity index (χ3n) is 5.56. The second kappa shape index (κ2) is 8.66. The Kier molecular flexibility index (Phi) is 5.79. The van der Waals surface area contributed by atoms with Crippen molar-refractivity contribution >= 4 is 11.8 Å². The molecule has 1 atom stereocenters. The van der Waals surface area contributed by atoms with Crippen molar-refractivity contribution in [3.8, 4) is 0 Å². The van der Waals surface area contributed by atoms with Crippen LogP contribution in [0.1, 0.15) is 51.5 Å². The molecule has 3 aromatic heterocycles. The lowest BCUT2D eigenvalue weighted by atomic mass is 10.1. The number of aromatic nitrogens is 5. The molecule has 0 radical (unpaired) electrons. The average molecular weight is 423 g/mol. The first kappa shape index (κ1) is 20.7. The Balaban J connectivity index is 1.61. The summed E-state index contributed by atoms with van der Waals surface area (Å²) < 4.78 is 5.20. The molecule has 0 saturated carbocycles. The molecule has 0 aromatic carbocycles. The Morgan fingerprint density at radius 1 is 1.19 bits per heavy atom. The normalized spacial score (nSPS) is 16.9. The van der Waals surface area contributed by atoms with E-state index in [9.17, 15) is 9.59 Å². The van der Waals surface area contributed by atoms with Gasteiger partial charge in [0.15, 0.2) is 5.82 Å². The van der Waals surface area contributed by atoms with Crippen LogP contribution in [-0.4, -0.2) is 66.6 Å². The van der Waals surface area contributed by atoms with E-state index in [0.717, 1.165) is 11.3 Å². The van der Waals surface area contributed by atoms with Crippen LogP contribution in [0.2, 0.25) is 0 Å². The molecule has 0 spiro atoms. The van der Waals surface area contributed by atoms with E-state index in [0.29, 0.717) is 49.0 Å². The molecule has 4 heterocycles. The van der Waals surface area contributed by atoms with Crippen molar-refractivity contribution < 1.29 is 14.1 Å². The van der Waals surface area contributed by atoms with Gasteiger partial charge in [0.05, 0.1) is 12.1 Å². The van der Waals surface area contributed by atoms with E-state index >= 15 is 0 Å². The molecule has 0 aliphatic carbocycles. The first-order chi connectivity index (χ1) is 14.9. The number of nitrogens with one attached hydrogen (secondary N) is 1. The Morgan fingerprint density at radius 3 is 2.61 bits per heavy atom. The van der Waals surface area contributed by atoms with Crippen molar-refractivity contribution in [1.82, 2.24) is 35.1 Å². The predicted octanol–water partition coefficient (Wildman–Crippen LogP) is 1.77. The van der Waals surface area contributed by atoms with Gasteiger partial charge >= 0.3 is 0 Å². The second-order valence-corrected chi connectivity index (χ2v) is 7.70. The highest BCUT2D eigenvalue weighted by molar-refractivity contribution is 5.94. The zero-order chi connectivity index (χ0) is 22.0. The van der Waals surface area contributed by atoms with Crippen LogP contribution in [0.5, 0.6) is 0 Å². The van der Waals surface area contributed by atoms with Crippen molar-refractivity contribution in [3.05, 3.63) is 58.8 Å². The van der Waals surface area contributed by atoms with E-state index in [1.54, 1.807) is 41.2 Å². The monoisotopic (exact) mass is 423 g/mol. The van der Waals surface area contributed by atoms with E-state index in [1.165, 1.54) is 0 Å². The highest BCUT2D eigenvalue weighted by Gasteiger charge is 2.34. The summed E-state index contributed by atoms with van der Waals surface area (Å²) in [4.78, 5) is 38.4. The van der Waals surface area contributed by atoms with Crippen LogP contribution in [0.25, 0.3) is 0 Å². The molecule has 31 heavy (non-hydrogen) atoms. The summed E-state index contributed by atoms with van der Waals surface area (Å²) in [6.07, 6.45) is 4.05. The lowest BCUT2D eigenvalue weighted by Gasteiger charge is -2.30. The van der Waals surface area contributed by atoms with Crippen molar-refractivity contribution in [3.63, 3.8) is 0 Å². The summed E-state index contributed by atoms with van der Waals surface area (Å²) in [5, 5.41) is 11.1. The summed E-state index contributed by atoms with van der Waals surface area (Å²) in [5.41, 5.74) is 2.07. The van der Waals surface area contributed by atoms with E-state index in [2.05, 4.69) is 25.3 Å². The standard InChI is InChI=1S/C21H25N7O3/c1-13-17(14(2)31-26-13)11-19(29)27-9-4-10-28(21(30)16-5-7-22-8-6-16)18(12-27)20-23-15(3)24-25-20/h5-8,18H,4,9-12H2,1-3H3,(H,23,24,25). The number of aromatic amines is 1. The molecule has 10 nitrogen and oxygen atoms in total. The Morgan fingerprint density at radius 2 is 1.97 bits per heavy atom. The number of pyridine rings is 1. The van der Waals surface area contributed by atoms with Gasteiger partial charge < -0.3 is 14.3 Å². The molecular formula is C21H25N7O3. The number of H-pyrrole nitrogens is 1. The Hall–Kier alpha value is -3.56. The number of rotatable bonds is 4. The molecule has 162 valence electrons.